The van der Waals surface area contributed by atoms with Crippen molar-refractivity contribution in [1.29, 1.82) is 0 Å². The molecule has 0 aliphatic carbocycles. The number of halogens is 2. The predicted octanol–water partition coefficient (Wildman–Crippen LogP) is 1.99. The third kappa shape index (κ3) is 3.15. The van der Waals surface area contributed by atoms with Crippen molar-refractivity contribution in [2.75, 3.05) is 19.6 Å². The molecule has 26 heavy (non-hydrogen) atoms. The number of benzene rings is 1. The zero-order valence-corrected chi connectivity index (χ0v) is 14.7. The van der Waals surface area contributed by atoms with Crippen LogP contribution in [0.3, 0.4) is 0 Å². The van der Waals surface area contributed by atoms with Crippen molar-refractivity contribution in [2.45, 2.75) is 32.2 Å². The summed E-state index contributed by atoms with van der Waals surface area (Å²) in [6, 6.07) is 1.92. The van der Waals surface area contributed by atoms with E-state index >= 15 is 0 Å². The summed E-state index contributed by atoms with van der Waals surface area (Å²) in [4.78, 5) is 39.8. The third-order valence-electron chi connectivity index (χ3n) is 5.17. The molecule has 0 bridgehead atoms. The number of imide groups is 1. The highest BCUT2D eigenvalue weighted by Gasteiger charge is 2.51. The van der Waals surface area contributed by atoms with Gasteiger partial charge in [-0.05, 0) is 43.9 Å². The quantitative estimate of drug-likeness (QED) is 0.833. The highest BCUT2D eigenvalue weighted by Crippen LogP contribution is 2.31. The maximum absolute atomic E-state index is 14.1. The summed E-state index contributed by atoms with van der Waals surface area (Å²) in [6.45, 7) is 4.17. The van der Waals surface area contributed by atoms with Crippen molar-refractivity contribution >= 4 is 17.8 Å². The topological polar surface area (TPSA) is 69.7 Å². The molecule has 0 radical (unpaired) electrons. The zero-order valence-electron chi connectivity index (χ0n) is 14.7. The average molecular weight is 365 g/mol. The van der Waals surface area contributed by atoms with Gasteiger partial charge in [0.25, 0.3) is 5.91 Å². The highest BCUT2D eigenvalue weighted by atomic mass is 19.1. The maximum Gasteiger partial charge on any atom is 0.325 e. The van der Waals surface area contributed by atoms with E-state index in [-0.39, 0.29) is 11.5 Å². The van der Waals surface area contributed by atoms with Gasteiger partial charge >= 0.3 is 6.03 Å². The Kier molecular flexibility index (Phi) is 4.68. The number of hydrogen-bond acceptors (Lipinski definition) is 3. The molecule has 3 rings (SSSR count). The van der Waals surface area contributed by atoms with Gasteiger partial charge in [0.15, 0.2) is 0 Å². The minimum atomic E-state index is -1.75. The molecule has 140 valence electrons. The Bertz CT molecular complexity index is 762. The summed E-state index contributed by atoms with van der Waals surface area (Å²) in [5, 5.41) is 2.39. The van der Waals surface area contributed by atoms with Gasteiger partial charge in [0, 0.05) is 18.7 Å². The third-order valence-corrected chi connectivity index (χ3v) is 5.17. The van der Waals surface area contributed by atoms with Gasteiger partial charge < -0.3 is 10.2 Å². The van der Waals surface area contributed by atoms with Crippen LogP contribution in [0.2, 0.25) is 0 Å². The summed E-state index contributed by atoms with van der Waals surface area (Å²) < 4.78 is 27.6. The van der Waals surface area contributed by atoms with E-state index in [9.17, 15) is 23.2 Å². The van der Waals surface area contributed by atoms with Crippen LogP contribution in [0.5, 0.6) is 0 Å². The van der Waals surface area contributed by atoms with Crippen LogP contribution in [-0.4, -0.2) is 47.3 Å². The molecule has 2 aliphatic heterocycles. The van der Waals surface area contributed by atoms with Gasteiger partial charge in [-0.1, -0.05) is 6.92 Å². The van der Waals surface area contributed by atoms with Crippen molar-refractivity contribution in [2.24, 2.45) is 5.92 Å². The summed E-state index contributed by atoms with van der Waals surface area (Å²) >= 11 is 0. The van der Waals surface area contributed by atoms with Gasteiger partial charge in [0.2, 0.25) is 5.91 Å². The van der Waals surface area contributed by atoms with Crippen molar-refractivity contribution in [1.82, 2.24) is 15.1 Å². The summed E-state index contributed by atoms with van der Waals surface area (Å²) in [5.74, 6) is -2.09. The van der Waals surface area contributed by atoms with E-state index in [2.05, 4.69) is 12.2 Å². The second-order valence-corrected chi connectivity index (χ2v) is 7.13. The van der Waals surface area contributed by atoms with Gasteiger partial charge in [-0.2, -0.15) is 0 Å². The number of urea groups is 1. The number of piperidine rings is 1. The molecule has 6 nitrogen and oxygen atoms in total. The Balaban J connectivity index is 1.78. The Morgan fingerprint density at radius 2 is 1.92 bits per heavy atom. The molecule has 0 aromatic heterocycles. The van der Waals surface area contributed by atoms with Crippen molar-refractivity contribution in [3.05, 3.63) is 35.4 Å². The molecule has 1 N–H and O–H groups in total. The lowest BCUT2D eigenvalue weighted by Gasteiger charge is -2.31. The molecule has 1 unspecified atom stereocenters. The highest BCUT2D eigenvalue weighted by molar-refractivity contribution is 6.09. The Hall–Kier alpha value is -2.51. The lowest BCUT2D eigenvalue weighted by atomic mass is 9.91. The smallest absolute Gasteiger partial charge is 0.325 e. The van der Waals surface area contributed by atoms with Crippen LogP contribution in [0.15, 0.2) is 18.2 Å². The Labute approximate surface area is 150 Å². The van der Waals surface area contributed by atoms with Crippen LogP contribution in [0.25, 0.3) is 0 Å². The number of carbonyl (C=O) groups is 3. The van der Waals surface area contributed by atoms with Crippen molar-refractivity contribution in [3.63, 3.8) is 0 Å². The normalized spacial score (nSPS) is 24.2. The number of likely N-dealkylation sites (tertiary alicyclic amines) is 1. The molecule has 1 aromatic carbocycles. The van der Waals surface area contributed by atoms with E-state index < -0.39 is 35.7 Å². The number of rotatable bonds is 3. The Morgan fingerprint density at radius 3 is 2.58 bits per heavy atom. The van der Waals surface area contributed by atoms with Gasteiger partial charge in [0.05, 0.1) is 0 Å². The number of nitrogens with zero attached hydrogens (tertiary/aromatic N) is 2. The fraction of sp³-hybridized carbons (Fsp3) is 0.500. The van der Waals surface area contributed by atoms with Crippen molar-refractivity contribution < 1.29 is 23.2 Å². The van der Waals surface area contributed by atoms with E-state index in [1.165, 1.54) is 6.92 Å². The molecule has 2 fully saturated rings. The first-order chi connectivity index (χ1) is 12.2. The maximum atomic E-state index is 14.1. The fourth-order valence-corrected chi connectivity index (χ4v) is 3.40. The lowest BCUT2D eigenvalue weighted by molar-refractivity contribution is -0.139. The molecule has 0 saturated carbocycles. The van der Waals surface area contributed by atoms with E-state index in [0.717, 1.165) is 35.9 Å². The van der Waals surface area contributed by atoms with Gasteiger partial charge in [-0.25, -0.2) is 13.6 Å². The standard InChI is InChI=1S/C18H21F2N3O3/c1-11-5-7-22(8-6-11)15(24)10-23-16(25)18(2,21-17(23)26)13-9-12(19)3-4-14(13)20/h3-4,9,11H,5-8,10H2,1-2H3,(H,21,26). The van der Waals surface area contributed by atoms with Crippen LogP contribution < -0.4 is 5.32 Å². The van der Waals surface area contributed by atoms with Gasteiger partial charge in [0.1, 0.15) is 23.7 Å². The second-order valence-electron chi connectivity index (χ2n) is 7.13. The summed E-state index contributed by atoms with van der Waals surface area (Å²) in [6.07, 6.45) is 1.75. The van der Waals surface area contributed by atoms with E-state index in [1.807, 2.05) is 0 Å². The van der Waals surface area contributed by atoms with E-state index in [0.29, 0.717) is 19.0 Å². The minimum absolute atomic E-state index is 0.266. The van der Waals surface area contributed by atoms with Crippen LogP contribution in [-0.2, 0) is 15.1 Å². The molecule has 2 aliphatic rings. The van der Waals surface area contributed by atoms with Crippen LogP contribution in [0.1, 0.15) is 32.3 Å². The average Bonchev–Trinajstić information content (AvgIpc) is 2.81. The van der Waals surface area contributed by atoms with Crippen LogP contribution in [0.4, 0.5) is 13.6 Å². The first-order valence-electron chi connectivity index (χ1n) is 8.60. The fourth-order valence-electron chi connectivity index (χ4n) is 3.40. The summed E-state index contributed by atoms with van der Waals surface area (Å²) in [7, 11) is 0. The molecule has 0 spiro atoms. The molecule has 4 amide bonds. The first kappa shape index (κ1) is 18.3. The Morgan fingerprint density at radius 1 is 1.27 bits per heavy atom. The molecule has 1 atom stereocenters. The second kappa shape index (κ2) is 6.66. The monoisotopic (exact) mass is 365 g/mol. The SMILES string of the molecule is CC1CCN(C(=O)CN2C(=O)NC(C)(c3cc(F)ccc3F)C2=O)CC1. The van der Waals surface area contributed by atoms with E-state index in [1.54, 1.807) is 4.90 Å². The zero-order chi connectivity index (χ0) is 19.1. The predicted molar refractivity (Wildman–Crippen MR) is 88.9 cm³/mol. The van der Waals surface area contributed by atoms with Crippen LogP contribution >= 0.6 is 0 Å². The minimum Gasteiger partial charge on any atom is -0.341 e. The van der Waals surface area contributed by atoms with Gasteiger partial charge in [-0.3, -0.25) is 14.5 Å². The largest absolute Gasteiger partial charge is 0.341 e. The van der Waals surface area contributed by atoms with E-state index in [4.69, 9.17) is 0 Å². The van der Waals surface area contributed by atoms with Crippen LogP contribution in [0, 0.1) is 17.6 Å². The lowest BCUT2D eigenvalue weighted by Crippen LogP contribution is -2.46. The molecule has 2 heterocycles. The number of carbonyl (C=O) groups excluding carboxylic acids is 3. The first-order valence-corrected chi connectivity index (χ1v) is 8.60. The molecule has 2 saturated heterocycles. The summed E-state index contributed by atoms with van der Waals surface area (Å²) in [5.41, 5.74) is -2.02. The molecular formula is C18H21F2N3O3. The van der Waals surface area contributed by atoms with Crippen molar-refractivity contribution in [3.8, 4) is 0 Å². The number of amides is 4. The molecule has 8 heteroatoms. The molecule has 1 aromatic rings. The van der Waals surface area contributed by atoms with Gasteiger partial charge in [-0.15, -0.1) is 0 Å². The number of hydrogen-bond donors (Lipinski definition) is 1. The number of nitrogens with one attached hydrogen (secondary N) is 1. The molecular weight excluding hydrogens is 344 g/mol.